The Labute approximate surface area is 166 Å². The zero-order valence-electron chi connectivity index (χ0n) is 15.0. The molecule has 8 atom stereocenters. The first-order chi connectivity index (χ1) is 13.8. The summed E-state index contributed by atoms with van der Waals surface area (Å²) < 4.78 is 7.53. The minimum atomic E-state index is -2.70. The molecule has 0 aliphatic carbocycles. The summed E-state index contributed by atoms with van der Waals surface area (Å²) in [5.41, 5.74) is 0. The highest BCUT2D eigenvalue weighted by Crippen LogP contribution is 2.09. The molecule has 0 aliphatic rings. The Morgan fingerprint density at radius 2 is 0.800 bits per heavy atom. The molecule has 0 aromatic carbocycles. The van der Waals surface area contributed by atoms with Crippen LogP contribution in [0.1, 0.15) is 0 Å². The molecular weight excluding hydrogens is 424 g/mol. The third-order valence-electron chi connectivity index (χ3n) is 3.55. The Kier molecular flexibility index (Phi) is 11.7. The molecule has 16 heteroatoms. The molecule has 16 nitrogen and oxygen atoms in total. The molecule has 0 aromatic rings. The third kappa shape index (κ3) is 7.61. The monoisotopic (exact) mass is 446 g/mol. The Hall–Kier alpha value is -2.12. The van der Waals surface area contributed by atoms with E-state index < -0.39 is 85.9 Å². The average Bonchev–Trinajstić information content (AvgIpc) is 2.73. The Balaban J connectivity index is 4.85. The van der Waals surface area contributed by atoms with Crippen LogP contribution in [-0.2, 0) is 28.7 Å². The molecule has 0 bridgehead atoms. The largest absolute Gasteiger partial charge is 0.425 e. The van der Waals surface area contributed by atoms with Crippen LogP contribution >= 0.6 is 0 Å². The van der Waals surface area contributed by atoms with Gasteiger partial charge >= 0.3 is 23.9 Å². The van der Waals surface area contributed by atoms with Crippen LogP contribution in [0.15, 0.2) is 0 Å². The van der Waals surface area contributed by atoms with E-state index in [2.05, 4.69) is 9.47 Å². The second kappa shape index (κ2) is 12.5. The molecule has 0 aromatic heterocycles. The van der Waals surface area contributed by atoms with Crippen molar-refractivity contribution in [3.8, 4) is 0 Å². The fraction of sp³-hybridized carbons (Fsp3) is 0.714. The van der Waals surface area contributed by atoms with Crippen molar-refractivity contribution < 1.29 is 79.7 Å². The van der Waals surface area contributed by atoms with Gasteiger partial charge < -0.3 is 60.5 Å². The second-order valence-corrected chi connectivity index (χ2v) is 5.77. The van der Waals surface area contributed by atoms with Crippen molar-refractivity contribution in [1.29, 1.82) is 0 Å². The zero-order chi connectivity index (χ0) is 23.8. The van der Waals surface area contributed by atoms with Gasteiger partial charge in [0.25, 0.3) is 0 Å². The summed E-state index contributed by atoms with van der Waals surface area (Å²) in [7, 11) is 0. The molecule has 0 aliphatic heterocycles. The van der Waals surface area contributed by atoms with Crippen LogP contribution in [0.25, 0.3) is 0 Å². The van der Waals surface area contributed by atoms with E-state index in [1.165, 1.54) is 0 Å². The molecule has 30 heavy (non-hydrogen) atoms. The van der Waals surface area contributed by atoms with E-state index in [9.17, 15) is 49.8 Å². The SMILES string of the molecule is O=C(OC(=O)[C@H](O)[C@@H](O)[C@H](O)[C@H](O)CO)C(=O)OC(=O)[C@H](O)[C@@H](O)[C@H](O)[C@H](O)CO. The van der Waals surface area contributed by atoms with Crippen molar-refractivity contribution in [2.24, 2.45) is 0 Å². The van der Waals surface area contributed by atoms with Crippen LogP contribution in [0.3, 0.4) is 0 Å². The van der Waals surface area contributed by atoms with Gasteiger partial charge in [-0.1, -0.05) is 0 Å². The molecule has 0 fully saturated rings. The van der Waals surface area contributed by atoms with E-state index in [0.29, 0.717) is 0 Å². The van der Waals surface area contributed by atoms with Gasteiger partial charge in [-0.2, -0.15) is 0 Å². The highest BCUT2D eigenvalue weighted by atomic mass is 16.6. The number of esters is 4. The topological polar surface area (TPSA) is 289 Å². The van der Waals surface area contributed by atoms with Gasteiger partial charge in [0.1, 0.15) is 36.6 Å². The maximum Gasteiger partial charge on any atom is 0.425 e. The molecule has 0 heterocycles. The van der Waals surface area contributed by atoms with Crippen LogP contribution in [0.2, 0.25) is 0 Å². The predicted molar refractivity (Wildman–Crippen MR) is 84.4 cm³/mol. The molecule has 0 amide bonds. The van der Waals surface area contributed by atoms with E-state index in [1.807, 2.05) is 0 Å². The van der Waals surface area contributed by atoms with Crippen molar-refractivity contribution >= 4 is 23.9 Å². The van der Waals surface area contributed by atoms with Crippen LogP contribution in [0.5, 0.6) is 0 Å². The molecular formula is C14H22O16. The van der Waals surface area contributed by atoms with Crippen molar-refractivity contribution in [2.75, 3.05) is 13.2 Å². The molecule has 0 rings (SSSR count). The molecule has 0 spiro atoms. The predicted octanol–water partition coefficient (Wildman–Crippen LogP) is -8.00. The number of aliphatic hydroxyl groups excluding tert-OH is 10. The first kappa shape index (κ1) is 27.9. The van der Waals surface area contributed by atoms with Crippen molar-refractivity contribution in [3.63, 3.8) is 0 Å². The van der Waals surface area contributed by atoms with E-state index >= 15 is 0 Å². The lowest BCUT2D eigenvalue weighted by Gasteiger charge is -2.24. The number of hydrogen-bond acceptors (Lipinski definition) is 16. The number of ether oxygens (including phenoxy) is 2. The summed E-state index contributed by atoms with van der Waals surface area (Å²) in [5, 5.41) is 91.7. The number of aliphatic hydroxyl groups is 10. The van der Waals surface area contributed by atoms with Crippen LogP contribution in [0.4, 0.5) is 0 Å². The molecule has 0 saturated heterocycles. The van der Waals surface area contributed by atoms with Crippen molar-refractivity contribution in [2.45, 2.75) is 48.8 Å². The van der Waals surface area contributed by atoms with E-state index in [1.54, 1.807) is 0 Å². The summed E-state index contributed by atoms with van der Waals surface area (Å²) >= 11 is 0. The Morgan fingerprint density at radius 3 is 1.03 bits per heavy atom. The lowest BCUT2D eigenvalue weighted by molar-refractivity contribution is -0.189. The maximum atomic E-state index is 11.5. The molecule has 10 N–H and O–H groups in total. The minimum absolute atomic E-state index is 1.08. The Morgan fingerprint density at radius 1 is 0.533 bits per heavy atom. The highest BCUT2D eigenvalue weighted by Gasteiger charge is 2.39. The van der Waals surface area contributed by atoms with E-state index in [-0.39, 0.29) is 0 Å². The lowest BCUT2D eigenvalue weighted by Crippen LogP contribution is -2.50. The quantitative estimate of drug-likeness (QED) is 0.0846. The highest BCUT2D eigenvalue weighted by molar-refractivity contribution is 6.33. The van der Waals surface area contributed by atoms with Gasteiger partial charge in [-0.15, -0.1) is 0 Å². The van der Waals surface area contributed by atoms with Gasteiger partial charge in [0.15, 0.2) is 12.2 Å². The van der Waals surface area contributed by atoms with Crippen LogP contribution < -0.4 is 0 Å². The average molecular weight is 446 g/mol. The van der Waals surface area contributed by atoms with E-state index in [0.717, 1.165) is 0 Å². The van der Waals surface area contributed by atoms with Gasteiger partial charge in [-0.3, -0.25) is 0 Å². The summed E-state index contributed by atoms with van der Waals surface area (Å²) in [5.74, 6) is -8.59. The molecule has 0 saturated carbocycles. The van der Waals surface area contributed by atoms with Gasteiger partial charge in [0.05, 0.1) is 13.2 Å². The number of hydrogen-bond donors (Lipinski definition) is 10. The summed E-state index contributed by atoms with van der Waals surface area (Å²) in [6.07, 6.45) is -18.9. The van der Waals surface area contributed by atoms with Gasteiger partial charge in [-0.05, 0) is 0 Å². The summed E-state index contributed by atoms with van der Waals surface area (Å²) in [4.78, 5) is 45.7. The fourth-order valence-corrected chi connectivity index (χ4v) is 1.71. The first-order valence-corrected chi connectivity index (χ1v) is 7.97. The minimum Gasteiger partial charge on any atom is -0.394 e. The van der Waals surface area contributed by atoms with Crippen LogP contribution in [-0.4, -0.2) is 137 Å². The Bertz CT molecular complexity index is 555. The molecule has 0 radical (unpaired) electrons. The van der Waals surface area contributed by atoms with Gasteiger partial charge in [-0.25, -0.2) is 19.2 Å². The van der Waals surface area contributed by atoms with Gasteiger partial charge in [0, 0.05) is 0 Å². The van der Waals surface area contributed by atoms with Crippen molar-refractivity contribution in [3.05, 3.63) is 0 Å². The van der Waals surface area contributed by atoms with E-state index in [4.69, 9.17) is 20.4 Å². The third-order valence-corrected chi connectivity index (χ3v) is 3.55. The smallest absolute Gasteiger partial charge is 0.394 e. The molecule has 174 valence electrons. The maximum absolute atomic E-state index is 11.5. The zero-order valence-corrected chi connectivity index (χ0v) is 15.0. The van der Waals surface area contributed by atoms with Crippen molar-refractivity contribution in [1.82, 2.24) is 0 Å². The number of rotatable bonds is 10. The summed E-state index contributed by atoms with van der Waals surface area (Å²) in [6.45, 7) is -2.16. The second-order valence-electron chi connectivity index (χ2n) is 5.77. The first-order valence-electron chi connectivity index (χ1n) is 7.97. The number of carbonyl (C=O) groups excluding carboxylic acids is 4. The number of carbonyl (C=O) groups is 4. The lowest BCUT2D eigenvalue weighted by atomic mass is 10.0. The standard InChI is InChI=1S/C14H22O16/c15-1-3(17)5(19)7(21)9(23)11(25)29-13(27)14(28)30-12(26)10(24)8(22)6(20)4(18)2-16/h3-10,15-24H,1-2H2/t3-,4-,5-,6-,7+,8+,9-,10-/m1/s1. The fourth-order valence-electron chi connectivity index (χ4n) is 1.71. The van der Waals surface area contributed by atoms with Gasteiger partial charge in [0.2, 0.25) is 0 Å². The molecule has 0 unspecified atom stereocenters. The summed E-state index contributed by atoms with van der Waals surface area (Å²) in [6, 6.07) is 0. The van der Waals surface area contributed by atoms with Crippen LogP contribution in [0, 0.1) is 0 Å². The normalized spacial score (nSPS) is 19.4.